The normalized spacial score (nSPS) is 15.4. The molecule has 0 spiro atoms. The fourth-order valence-electron chi connectivity index (χ4n) is 1.12. The molecule has 0 radical (unpaired) electrons. The van der Waals surface area contributed by atoms with Crippen molar-refractivity contribution in [2.24, 2.45) is 0 Å². The minimum Gasteiger partial charge on any atom is -0.598 e. The molecule has 1 rings (SSSR count). The molecule has 17 heavy (non-hydrogen) atoms. The Kier molecular flexibility index (Phi) is 5.19. The fourth-order valence-corrected chi connectivity index (χ4v) is 2.28. The summed E-state index contributed by atoms with van der Waals surface area (Å²) in [7, 11) is 0. The summed E-state index contributed by atoms with van der Waals surface area (Å²) in [5, 5.41) is 0. The van der Waals surface area contributed by atoms with Crippen molar-refractivity contribution in [3.05, 3.63) is 41.2 Å². The SMILES string of the molecule is C=C[C@@H](N[S@@+]([O-])C(C)(C)C)c1cccc(Br)n1. The first-order chi connectivity index (χ1) is 7.84. The van der Waals surface area contributed by atoms with Gasteiger partial charge in [-0.3, -0.25) is 0 Å². The summed E-state index contributed by atoms with van der Waals surface area (Å²) in [6, 6.07) is 5.41. The summed E-state index contributed by atoms with van der Waals surface area (Å²) in [6.45, 7) is 9.51. The molecular formula is C12H17BrN2OS. The molecule has 0 unspecified atom stereocenters. The molecule has 94 valence electrons. The Morgan fingerprint density at radius 3 is 2.65 bits per heavy atom. The highest BCUT2D eigenvalue weighted by Gasteiger charge is 2.29. The second-order valence-electron chi connectivity index (χ2n) is 4.60. The molecule has 0 aliphatic heterocycles. The molecule has 0 saturated heterocycles. The quantitative estimate of drug-likeness (QED) is 0.527. The molecule has 2 atom stereocenters. The van der Waals surface area contributed by atoms with Crippen molar-refractivity contribution in [1.29, 1.82) is 0 Å². The van der Waals surface area contributed by atoms with E-state index in [4.69, 9.17) is 0 Å². The number of halogens is 1. The van der Waals surface area contributed by atoms with Crippen molar-refractivity contribution in [3.63, 3.8) is 0 Å². The van der Waals surface area contributed by atoms with Crippen LogP contribution >= 0.6 is 15.9 Å². The van der Waals surface area contributed by atoms with Gasteiger partial charge in [-0.05, 0) is 48.8 Å². The number of rotatable bonds is 4. The van der Waals surface area contributed by atoms with Gasteiger partial charge in [0, 0.05) is 11.4 Å². The first kappa shape index (κ1) is 14.7. The van der Waals surface area contributed by atoms with Gasteiger partial charge < -0.3 is 4.55 Å². The van der Waals surface area contributed by atoms with E-state index in [-0.39, 0.29) is 10.8 Å². The lowest BCUT2D eigenvalue weighted by Gasteiger charge is -2.26. The number of hydrogen-bond donors (Lipinski definition) is 1. The molecule has 1 heterocycles. The van der Waals surface area contributed by atoms with E-state index in [1.54, 1.807) is 6.08 Å². The van der Waals surface area contributed by atoms with E-state index in [0.29, 0.717) is 0 Å². The van der Waals surface area contributed by atoms with Crippen molar-refractivity contribution >= 4 is 27.3 Å². The fraction of sp³-hybridized carbons (Fsp3) is 0.417. The zero-order chi connectivity index (χ0) is 13.1. The second kappa shape index (κ2) is 6.00. The van der Waals surface area contributed by atoms with Crippen LogP contribution < -0.4 is 4.72 Å². The molecule has 0 bridgehead atoms. The molecule has 0 aliphatic carbocycles. The van der Waals surface area contributed by atoms with Gasteiger partial charge in [0.2, 0.25) is 0 Å². The van der Waals surface area contributed by atoms with Crippen molar-refractivity contribution in [1.82, 2.24) is 9.71 Å². The van der Waals surface area contributed by atoms with Gasteiger partial charge in [-0.25, -0.2) is 4.98 Å². The van der Waals surface area contributed by atoms with Gasteiger partial charge in [-0.15, -0.1) is 11.3 Å². The highest BCUT2D eigenvalue weighted by atomic mass is 79.9. The van der Waals surface area contributed by atoms with Crippen LogP contribution in [0.2, 0.25) is 0 Å². The van der Waals surface area contributed by atoms with Crippen LogP contribution in [0.1, 0.15) is 32.5 Å². The van der Waals surface area contributed by atoms with Crippen molar-refractivity contribution in [3.8, 4) is 0 Å². The van der Waals surface area contributed by atoms with Gasteiger partial charge in [0.1, 0.15) is 15.4 Å². The molecule has 3 nitrogen and oxygen atoms in total. The standard InChI is InChI=1S/C12H17BrN2OS/c1-5-9(15-17(16)12(2,3)4)10-7-6-8-11(13)14-10/h5-9,15H,1H2,2-4H3/t9-,17+/m1/s1. The lowest BCUT2D eigenvalue weighted by molar-refractivity contribution is 0.536. The van der Waals surface area contributed by atoms with Crippen LogP contribution in [0.4, 0.5) is 0 Å². The average Bonchev–Trinajstić information content (AvgIpc) is 2.24. The van der Waals surface area contributed by atoms with E-state index in [2.05, 4.69) is 32.2 Å². The summed E-state index contributed by atoms with van der Waals surface area (Å²) in [5.41, 5.74) is 0.798. The van der Waals surface area contributed by atoms with Crippen LogP contribution in [0.15, 0.2) is 35.5 Å². The van der Waals surface area contributed by atoms with Crippen molar-refractivity contribution < 1.29 is 4.55 Å². The smallest absolute Gasteiger partial charge is 0.136 e. The number of nitrogens with zero attached hydrogens (tertiary/aromatic N) is 1. The maximum atomic E-state index is 12.0. The topological polar surface area (TPSA) is 48.0 Å². The highest BCUT2D eigenvalue weighted by molar-refractivity contribution is 9.10. The Balaban J connectivity index is 2.83. The number of pyridine rings is 1. The third-order valence-corrected chi connectivity index (χ3v) is 4.10. The van der Waals surface area contributed by atoms with Crippen LogP contribution in [0.25, 0.3) is 0 Å². The molecule has 0 fully saturated rings. The van der Waals surface area contributed by atoms with E-state index in [9.17, 15) is 4.55 Å². The molecule has 0 aromatic carbocycles. The van der Waals surface area contributed by atoms with Crippen LogP contribution in [-0.2, 0) is 11.4 Å². The monoisotopic (exact) mass is 316 g/mol. The van der Waals surface area contributed by atoms with E-state index in [0.717, 1.165) is 10.3 Å². The van der Waals surface area contributed by atoms with Gasteiger partial charge in [-0.2, -0.15) is 0 Å². The minimum atomic E-state index is -1.15. The minimum absolute atomic E-state index is 0.215. The number of aromatic nitrogens is 1. The molecule has 0 aliphatic rings. The molecule has 1 aromatic heterocycles. The van der Waals surface area contributed by atoms with E-state index in [1.807, 2.05) is 39.0 Å². The number of hydrogen-bond acceptors (Lipinski definition) is 3. The zero-order valence-electron chi connectivity index (χ0n) is 10.2. The molecular weight excluding hydrogens is 300 g/mol. The first-order valence-electron chi connectivity index (χ1n) is 5.27. The Hall–Kier alpha value is -0.360. The maximum absolute atomic E-state index is 12.0. The van der Waals surface area contributed by atoms with E-state index >= 15 is 0 Å². The van der Waals surface area contributed by atoms with Crippen LogP contribution in [0, 0.1) is 0 Å². The first-order valence-corrected chi connectivity index (χ1v) is 7.22. The Bertz CT molecular complexity index is 392. The largest absolute Gasteiger partial charge is 0.598 e. The maximum Gasteiger partial charge on any atom is 0.136 e. The van der Waals surface area contributed by atoms with Gasteiger partial charge in [0.05, 0.1) is 5.69 Å². The third-order valence-electron chi connectivity index (χ3n) is 2.08. The van der Waals surface area contributed by atoms with Crippen LogP contribution in [0.3, 0.4) is 0 Å². The summed E-state index contributed by atoms with van der Waals surface area (Å²) in [4.78, 5) is 4.33. The Morgan fingerprint density at radius 2 is 2.18 bits per heavy atom. The van der Waals surface area contributed by atoms with Gasteiger partial charge >= 0.3 is 0 Å². The summed E-state index contributed by atoms with van der Waals surface area (Å²) < 4.78 is 15.5. The molecule has 0 saturated carbocycles. The molecule has 5 heteroatoms. The second-order valence-corrected chi connectivity index (χ2v) is 7.41. The third kappa shape index (κ3) is 4.43. The molecule has 1 aromatic rings. The average molecular weight is 317 g/mol. The Morgan fingerprint density at radius 1 is 1.53 bits per heavy atom. The van der Waals surface area contributed by atoms with Gasteiger partial charge in [-0.1, -0.05) is 12.1 Å². The van der Waals surface area contributed by atoms with Crippen molar-refractivity contribution in [2.75, 3.05) is 0 Å². The predicted molar refractivity (Wildman–Crippen MR) is 75.9 cm³/mol. The summed E-state index contributed by atoms with van der Waals surface area (Å²) in [5.74, 6) is 0. The zero-order valence-corrected chi connectivity index (χ0v) is 12.6. The van der Waals surface area contributed by atoms with E-state index in [1.165, 1.54) is 0 Å². The summed E-state index contributed by atoms with van der Waals surface area (Å²) in [6.07, 6.45) is 1.71. The van der Waals surface area contributed by atoms with E-state index < -0.39 is 11.4 Å². The van der Waals surface area contributed by atoms with Crippen LogP contribution in [-0.4, -0.2) is 14.3 Å². The predicted octanol–water partition coefficient (Wildman–Crippen LogP) is 3.12. The van der Waals surface area contributed by atoms with Crippen LogP contribution in [0.5, 0.6) is 0 Å². The van der Waals surface area contributed by atoms with Crippen molar-refractivity contribution in [2.45, 2.75) is 31.6 Å². The highest BCUT2D eigenvalue weighted by Crippen LogP contribution is 2.20. The van der Waals surface area contributed by atoms with Gasteiger partial charge in [0.15, 0.2) is 0 Å². The lowest BCUT2D eigenvalue weighted by Crippen LogP contribution is -2.41. The molecule has 0 amide bonds. The molecule has 1 N–H and O–H groups in total. The Labute approximate surface area is 114 Å². The number of nitrogens with one attached hydrogen (secondary N) is 1. The lowest BCUT2D eigenvalue weighted by atomic mass is 10.2. The van der Waals surface area contributed by atoms with Gasteiger partial charge in [0.25, 0.3) is 0 Å². The summed E-state index contributed by atoms with van der Waals surface area (Å²) >= 11 is 2.17.